The zero-order chi connectivity index (χ0) is 8.91. The minimum atomic E-state index is -0.573. The number of aliphatic hydroxyl groups excluding tert-OH is 1. The fraction of sp³-hybridized carbons (Fsp3) is 0.857. The summed E-state index contributed by atoms with van der Waals surface area (Å²) in [5.41, 5.74) is -0.573. The van der Waals surface area contributed by atoms with Crippen molar-refractivity contribution in [2.45, 2.75) is 13.8 Å². The molecule has 0 fully saturated rings. The normalized spacial score (nSPS) is 11.6. The molecular formula is C7H13IO2S. The Labute approximate surface area is 85.3 Å². The molecule has 0 spiro atoms. The number of thioether (sulfide) groups is 1. The summed E-state index contributed by atoms with van der Waals surface area (Å²) in [5, 5.41) is 8.91. The first kappa shape index (κ1) is 11.7. The third-order valence-corrected chi connectivity index (χ3v) is 3.75. The molecule has 0 unspecified atom stereocenters. The van der Waals surface area contributed by atoms with Crippen molar-refractivity contribution in [2.75, 3.05) is 16.8 Å². The maximum Gasteiger partial charge on any atom is 0.196 e. The summed E-state index contributed by atoms with van der Waals surface area (Å²) >= 11 is 3.53. The second kappa shape index (κ2) is 5.37. The van der Waals surface area contributed by atoms with Gasteiger partial charge in [-0.1, -0.05) is 34.4 Å². The zero-order valence-electron chi connectivity index (χ0n) is 6.76. The summed E-state index contributed by atoms with van der Waals surface area (Å²) in [4.78, 5) is 11.3. The molecule has 2 nitrogen and oxygen atoms in total. The lowest BCUT2D eigenvalue weighted by atomic mass is 9.97. The number of rotatable bonds is 4. The van der Waals surface area contributed by atoms with Crippen LogP contribution in [0.15, 0.2) is 0 Å². The van der Waals surface area contributed by atoms with Crippen LogP contribution in [0.3, 0.4) is 0 Å². The highest BCUT2D eigenvalue weighted by molar-refractivity contribution is 14.1. The van der Waals surface area contributed by atoms with E-state index >= 15 is 0 Å². The Bertz CT molecular complexity index is 136. The maximum atomic E-state index is 11.3. The van der Waals surface area contributed by atoms with Gasteiger partial charge in [-0.05, 0) is 13.8 Å². The van der Waals surface area contributed by atoms with E-state index in [4.69, 9.17) is 5.11 Å². The number of hydrogen-bond donors (Lipinski definition) is 1. The highest BCUT2D eigenvalue weighted by Gasteiger charge is 2.26. The van der Waals surface area contributed by atoms with Gasteiger partial charge >= 0.3 is 0 Å². The number of hydrogen-bond acceptors (Lipinski definition) is 3. The standard InChI is InChI=1S/C7H13IO2S/c1-7(2,5-9)6(10)11-4-3-8/h9H,3-5H2,1-2H3. The number of carbonyl (C=O) groups excluding carboxylic acids is 1. The fourth-order valence-electron chi connectivity index (χ4n) is 0.391. The lowest BCUT2D eigenvalue weighted by Gasteiger charge is -2.18. The van der Waals surface area contributed by atoms with Gasteiger partial charge in [-0.2, -0.15) is 0 Å². The van der Waals surface area contributed by atoms with Crippen LogP contribution in [0.2, 0.25) is 0 Å². The molecular weight excluding hydrogens is 275 g/mol. The number of halogens is 1. The fourth-order valence-corrected chi connectivity index (χ4v) is 1.77. The van der Waals surface area contributed by atoms with Crippen LogP contribution in [0.1, 0.15) is 13.8 Å². The van der Waals surface area contributed by atoms with E-state index in [9.17, 15) is 4.79 Å². The van der Waals surface area contributed by atoms with Crippen LogP contribution in [0, 0.1) is 5.41 Å². The quantitative estimate of drug-likeness (QED) is 0.632. The molecule has 66 valence electrons. The van der Waals surface area contributed by atoms with Crippen molar-refractivity contribution in [3.8, 4) is 0 Å². The van der Waals surface area contributed by atoms with Crippen LogP contribution < -0.4 is 0 Å². The van der Waals surface area contributed by atoms with Crippen LogP contribution in [0.5, 0.6) is 0 Å². The topological polar surface area (TPSA) is 37.3 Å². The van der Waals surface area contributed by atoms with Gasteiger partial charge < -0.3 is 5.11 Å². The van der Waals surface area contributed by atoms with E-state index in [-0.39, 0.29) is 11.7 Å². The van der Waals surface area contributed by atoms with E-state index in [1.54, 1.807) is 13.8 Å². The van der Waals surface area contributed by atoms with Gasteiger partial charge in [0.15, 0.2) is 5.12 Å². The highest BCUT2D eigenvalue weighted by Crippen LogP contribution is 2.23. The van der Waals surface area contributed by atoms with E-state index in [2.05, 4.69) is 22.6 Å². The molecule has 0 rings (SSSR count). The molecule has 0 saturated heterocycles. The van der Waals surface area contributed by atoms with E-state index in [1.165, 1.54) is 11.8 Å². The Hall–Kier alpha value is 0.710. The molecule has 0 aliphatic rings. The van der Waals surface area contributed by atoms with Crippen molar-refractivity contribution in [3.63, 3.8) is 0 Å². The summed E-state index contributed by atoms with van der Waals surface area (Å²) in [5.74, 6) is 0.836. The molecule has 0 amide bonds. The lowest BCUT2D eigenvalue weighted by Crippen LogP contribution is -2.25. The van der Waals surface area contributed by atoms with E-state index in [0.717, 1.165) is 10.2 Å². The summed E-state index contributed by atoms with van der Waals surface area (Å²) in [6.45, 7) is 3.45. The molecule has 0 bridgehead atoms. The molecule has 0 radical (unpaired) electrons. The van der Waals surface area contributed by atoms with Crippen LogP contribution in [-0.4, -0.2) is 27.0 Å². The van der Waals surface area contributed by atoms with Gasteiger partial charge in [-0.25, -0.2) is 0 Å². The SMILES string of the molecule is CC(C)(CO)C(=O)SCCI. The molecule has 0 aliphatic carbocycles. The van der Waals surface area contributed by atoms with E-state index in [0.29, 0.717) is 0 Å². The van der Waals surface area contributed by atoms with Crippen molar-refractivity contribution < 1.29 is 9.90 Å². The van der Waals surface area contributed by atoms with Crippen LogP contribution in [-0.2, 0) is 4.79 Å². The third-order valence-electron chi connectivity index (χ3n) is 1.26. The zero-order valence-corrected chi connectivity index (χ0v) is 9.74. The van der Waals surface area contributed by atoms with Crippen molar-refractivity contribution >= 4 is 39.5 Å². The molecule has 0 aromatic rings. The first-order valence-electron chi connectivity index (χ1n) is 3.38. The van der Waals surface area contributed by atoms with Crippen molar-refractivity contribution in [2.24, 2.45) is 5.41 Å². The Morgan fingerprint density at radius 2 is 2.18 bits per heavy atom. The monoisotopic (exact) mass is 288 g/mol. The van der Waals surface area contributed by atoms with Crippen molar-refractivity contribution in [1.29, 1.82) is 0 Å². The molecule has 1 N–H and O–H groups in total. The summed E-state index contributed by atoms with van der Waals surface area (Å²) in [6.07, 6.45) is 0. The minimum Gasteiger partial charge on any atom is -0.395 e. The van der Waals surface area contributed by atoms with Gasteiger partial charge in [0.25, 0.3) is 0 Å². The molecule has 4 heteroatoms. The second-order valence-corrected chi connectivity index (χ2v) is 5.01. The molecule has 0 saturated carbocycles. The lowest BCUT2D eigenvalue weighted by molar-refractivity contribution is -0.119. The predicted octanol–water partition coefficient (Wildman–Crippen LogP) is 1.70. The average molecular weight is 288 g/mol. The first-order chi connectivity index (χ1) is 5.04. The largest absolute Gasteiger partial charge is 0.395 e. The van der Waals surface area contributed by atoms with E-state index in [1.807, 2.05) is 0 Å². The number of carbonyl (C=O) groups is 1. The van der Waals surface area contributed by atoms with Gasteiger partial charge in [0.05, 0.1) is 12.0 Å². The highest BCUT2D eigenvalue weighted by atomic mass is 127. The average Bonchev–Trinajstić information content (AvgIpc) is 2.00. The van der Waals surface area contributed by atoms with E-state index < -0.39 is 5.41 Å². The molecule has 0 aromatic heterocycles. The van der Waals surface area contributed by atoms with Crippen molar-refractivity contribution in [3.05, 3.63) is 0 Å². The van der Waals surface area contributed by atoms with Crippen LogP contribution in [0.4, 0.5) is 0 Å². The number of alkyl halides is 1. The van der Waals surface area contributed by atoms with Gasteiger partial charge in [-0.3, -0.25) is 4.79 Å². The van der Waals surface area contributed by atoms with Crippen molar-refractivity contribution in [1.82, 2.24) is 0 Å². The van der Waals surface area contributed by atoms with Crippen LogP contribution >= 0.6 is 34.4 Å². The summed E-state index contributed by atoms with van der Waals surface area (Å²) < 4.78 is 0.968. The molecule has 0 heterocycles. The minimum absolute atomic E-state index is 0.0694. The van der Waals surface area contributed by atoms with Gasteiger partial charge in [0, 0.05) is 10.2 Å². The summed E-state index contributed by atoms with van der Waals surface area (Å²) in [6, 6.07) is 0. The molecule has 0 aromatic carbocycles. The summed E-state index contributed by atoms with van der Waals surface area (Å²) in [7, 11) is 0. The Morgan fingerprint density at radius 1 is 1.64 bits per heavy atom. The second-order valence-electron chi connectivity index (χ2n) is 2.87. The third kappa shape index (κ3) is 4.32. The van der Waals surface area contributed by atoms with Crippen LogP contribution in [0.25, 0.3) is 0 Å². The Balaban J connectivity index is 3.82. The molecule has 0 aliphatic heterocycles. The Kier molecular flexibility index (Phi) is 5.72. The smallest absolute Gasteiger partial charge is 0.196 e. The Morgan fingerprint density at radius 3 is 2.55 bits per heavy atom. The first-order valence-corrected chi connectivity index (χ1v) is 5.90. The molecule has 11 heavy (non-hydrogen) atoms. The van der Waals surface area contributed by atoms with Gasteiger partial charge in [0.2, 0.25) is 0 Å². The maximum absolute atomic E-state index is 11.3. The number of aliphatic hydroxyl groups is 1. The molecule has 0 atom stereocenters. The van der Waals surface area contributed by atoms with Gasteiger partial charge in [0.1, 0.15) is 0 Å². The van der Waals surface area contributed by atoms with Gasteiger partial charge in [-0.15, -0.1) is 0 Å². The predicted molar refractivity (Wildman–Crippen MR) is 57.2 cm³/mol.